The van der Waals surface area contributed by atoms with Crippen LogP contribution in [0, 0.1) is 0 Å². The second-order valence-electron chi connectivity index (χ2n) is 7.24. The van der Waals surface area contributed by atoms with Gasteiger partial charge >= 0.3 is 0 Å². The van der Waals surface area contributed by atoms with Crippen LogP contribution in [0.25, 0.3) is 21.9 Å². The SMILES string of the molecule is C1=CCOC(N=Nc2ccc(-c3cccc(N=Nc4cccc5ccccc45)c3)cc2)=C1. The molecule has 0 fully saturated rings. The molecule has 32 heavy (non-hydrogen) atoms. The second-order valence-corrected chi connectivity index (χ2v) is 7.24. The largest absolute Gasteiger partial charge is 0.472 e. The van der Waals surface area contributed by atoms with E-state index in [1.807, 2.05) is 78.9 Å². The number of fused-ring (bicyclic) bond motifs is 1. The van der Waals surface area contributed by atoms with E-state index in [2.05, 4.69) is 44.7 Å². The molecule has 154 valence electrons. The number of rotatable bonds is 5. The van der Waals surface area contributed by atoms with Crippen molar-refractivity contribution in [2.45, 2.75) is 0 Å². The summed E-state index contributed by atoms with van der Waals surface area (Å²) < 4.78 is 5.38. The lowest BCUT2D eigenvalue weighted by molar-refractivity contribution is 0.238. The van der Waals surface area contributed by atoms with Gasteiger partial charge in [-0.2, -0.15) is 5.11 Å². The van der Waals surface area contributed by atoms with Crippen molar-refractivity contribution in [1.29, 1.82) is 0 Å². The molecule has 4 aromatic rings. The average molecular weight is 416 g/mol. The van der Waals surface area contributed by atoms with Crippen molar-refractivity contribution in [3.05, 3.63) is 115 Å². The minimum atomic E-state index is 0.515. The molecular formula is C27H20N4O. The van der Waals surface area contributed by atoms with Gasteiger partial charge in [0.25, 0.3) is 0 Å². The van der Waals surface area contributed by atoms with Gasteiger partial charge in [0.05, 0.1) is 17.1 Å². The van der Waals surface area contributed by atoms with E-state index in [-0.39, 0.29) is 0 Å². The molecule has 5 heteroatoms. The number of azo groups is 2. The van der Waals surface area contributed by atoms with Crippen LogP contribution in [-0.4, -0.2) is 6.61 Å². The summed E-state index contributed by atoms with van der Waals surface area (Å²) >= 11 is 0. The number of allylic oxidation sites excluding steroid dienone is 2. The molecule has 0 unspecified atom stereocenters. The smallest absolute Gasteiger partial charge is 0.233 e. The Morgan fingerprint density at radius 3 is 2.31 bits per heavy atom. The highest BCUT2D eigenvalue weighted by atomic mass is 16.5. The van der Waals surface area contributed by atoms with E-state index < -0.39 is 0 Å². The molecule has 1 aliphatic heterocycles. The molecule has 5 nitrogen and oxygen atoms in total. The third-order valence-corrected chi connectivity index (χ3v) is 5.05. The van der Waals surface area contributed by atoms with Crippen LogP contribution in [-0.2, 0) is 4.74 Å². The molecule has 0 spiro atoms. The van der Waals surface area contributed by atoms with Gasteiger partial charge in [0.1, 0.15) is 6.61 Å². The Balaban J connectivity index is 1.34. The molecule has 5 rings (SSSR count). The molecule has 1 heterocycles. The fourth-order valence-electron chi connectivity index (χ4n) is 3.43. The van der Waals surface area contributed by atoms with E-state index in [4.69, 9.17) is 4.74 Å². The lowest BCUT2D eigenvalue weighted by Crippen LogP contribution is -1.92. The first-order chi connectivity index (χ1) is 15.8. The summed E-state index contributed by atoms with van der Waals surface area (Å²) in [6.45, 7) is 0.526. The molecule has 4 aromatic carbocycles. The van der Waals surface area contributed by atoms with Crippen LogP contribution in [0.5, 0.6) is 0 Å². The molecule has 1 aliphatic rings. The Morgan fingerprint density at radius 1 is 0.625 bits per heavy atom. The van der Waals surface area contributed by atoms with Crippen LogP contribution in [0.4, 0.5) is 17.1 Å². The summed E-state index contributed by atoms with van der Waals surface area (Å²) in [4.78, 5) is 0. The van der Waals surface area contributed by atoms with Gasteiger partial charge in [-0.25, -0.2) is 0 Å². The van der Waals surface area contributed by atoms with E-state index in [0.717, 1.165) is 39.0 Å². The van der Waals surface area contributed by atoms with Gasteiger partial charge in [0.2, 0.25) is 5.88 Å². The quantitative estimate of drug-likeness (QED) is 0.301. The third-order valence-electron chi connectivity index (χ3n) is 5.05. The summed E-state index contributed by atoms with van der Waals surface area (Å²) in [6, 6.07) is 30.2. The maximum Gasteiger partial charge on any atom is 0.233 e. The van der Waals surface area contributed by atoms with Crippen molar-refractivity contribution in [2.24, 2.45) is 20.5 Å². The highest BCUT2D eigenvalue weighted by Gasteiger charge is 2.02. The fraction of sp³-hybridized carbons (Fsp3) is 0.0370. The monoisotopic (exact) mass is 416 g/mol. The number of ether oxygens (including phenoxy) is 1. The Morgan fingerprint density at radius 2 is 1.44 bits per heavy atom. The molecule has 0 amide bonds. The van der Waals surface area contributed by atoms with Crippen LogP contribution >= 0.6 is 0 Å². The standard InChI is InChI=1S/C27H20N4O/c1-2-11-25-21(7-1)8-6-12-26(25)30-29-24-10-5-9-22(19-24)20-14-16-23(17-15-20)28-31-27-13-3-4-18-32-27/h1-17,19H,18H2. The molecule has 0 aliphatic carbocycles. The predicted octanol–water partition coefficient (Wildman–Crippen LogP) is 8.43. The molecule has 0 saturated carbocycles. The molecule has 0 radical (unpaired) electrons. The Kier molecular flexibility index (Phi) is 5.62. The van der Waals surface area contributed by atoms with Gasteiger partial charge in [0.15, 0.2) is 0 Å². The van der Waals surface area contributed by atoms with Crippen molar-refractivity contribution in [2.75, 3.05) is 6.61 Å². The maximum absolute atomic E-state index is 5.38. The van der Waals surface area contributed by atoms with Crippen molar-refractivity contribution < 1.29 is 4.74 Å². The highest BCUT2D eigenvalue weighted by molar-refractivity contribution is 5.92. The topological polar surface area (TPSA) is 58.7 Å². The van der Waals surface area contributed by atoms with Crippen LogP contribution < -0.4 is 0 Å². The first-order valence-corrected chi connectivity index (χ1v) is 10.4. The van der Waals surface area contributed by atoms with E-state index in [1.165, 1.54) is 0 Å². The predicted molar refractivity (Wildman–Crippen MR) is 128 cm³/mol. The van der Waals surface area contributed by atoms with E-state index in [9.17, 15) is 0 Å². The van der Waals surface area contributed by atoms with Gasteiger partial charge in [-0.3, -0.25) is 0 Å². The maximum atomic E-state index is 5.38. The molecular weight excluding hydrogens is 396 g/mol. The molecule has 0 atom stereocenters. The summed E-state index contributed by atoms with van der Waals surface area (Å²) in [5.41, 5.74) is 4.55. The lowest BCUT2D eigenvalue weighted by Gasteiger charge is -2.05. The molecule has 0 bridgehead atoms. The van der Waals surface area contributed by atoms with Crippen LogP contribution in [0.2, 0.25) is 0 Å². The Hall–Kier alpha value is -4.38. The summed E-state index contributed by atoms with van der Waals surface area (Å²) in [5, 5.41) is 19.6. The van der Waals surface area contributed by atoms with Gasteiger partial charge in [-0.1, -0.05) is 66.7 Å². The average Bonchev–Trinajstić information content (AvgIpc) is 2.87. The third kappa shape index (κ3) is 4.52. The lowest BCUT2D eigenvalue weighted by atomic mass is 10.1. The fourth-order valence-corrected chi connectivity index (χ4v) is 3.43. The molecule has 0 saturated heterocycles. The normalized spacial score (nSPS) is 13.6. The van der Waals surface area contributed by atoms with Crippen molar-refractivity contribution in [3.63, 3.8) is 0 Å². The summed E-state index contributed by atoms with van der Waals surface area (Å²) in [5.74, 6) is 0.515. The first kappa shape index (κ1) is 19.6. The van der Waals surface area contributed by atoms with E-state index in [1.54, 1.807) is 6.08 Å². The van der Waals surface area contributed by atoms with Crippen molar-refractivity contribution in [1.82, 2.24) is 0 Å². The first-order valence-electron chi connectivity index (χ1n) is 10.4. The molecule has 0 aromatic heterocycles. The zero-order chi connectivity index (χ0) is 21.6. The number of hydrogen-bond donors (Lipinski definition) is 0. The van der Waals surface area contributed by atoms with Gasteiger partial charge in [-0.05, 0) is 52.9 Å². The number of benzene rings is 4. The van der Waals surface area contributed by atoms with E-state index >= 15 is 0 Å². The molecule has 0 N–H and O–H groups in total. The van der Waals surface area contributed by atoms with Crippen molar-refractivity contribution >= 4 is 27.8 Å². The minimum Gasteiger partial charge on any atom is -0.472 e. The summed E-state index contributed by atoms with van der Waals surface area (Å²) in [7, 11) is 0. The van der Waals surface area contributed by atoms with Crippen LogP contribution in [0.3, 0.4) is 0 Å². The Bertz CT molecular complexity index is 1360. The zero-order valence-electron chi connectivity index (χ0n) is 17.3. The van der Waals surface area contributed by atoms with Gasteiger partial charge in [-0.15, -0.1) is 15.3 Å². The zero-order valence-corrected chi connectivity index (χ0v) is 17.3. The number of nitrogens with zero attached hydrogens (tertiary/aromatic N) is 4. The second kappa shape index (κ2) is 9.18. The summed E-state index contributed by atoms with van der Waals surface area (Å²) in [6.07, 6.45) is 5.62. The Labute approximate surface area is 186 Å². The highest BCUT2D eigenvalue weighted by Crippen LogP contribution is 2.30. The van der Waals surface area contributed by atoms with Crippen molar-refractivity contribution in [3.8, 4) is 11.1 Å². The van der Waals surface area contributed by atoms with Gasteiger partial charge < -0.3 is 4.74 Å². The minimum absolute atomic E-state index is 0.515. The number of hydrogen-bond acceptors (Lipinski definition) is 5. The van der Waals surface area contributed by atoms with E-state index in [0.29, 0.717) is 12.5 Å². The van der Waals surface area contributed by atoms with Crippen LogP contribution in [0.15, 0.2) is 136 Å². The van der Waals surface area contributed by atoms with Gasteiger partial charge in [0, 0.05) is 11.5 Å². The van der Waals surface area contributed by atoms with Crippen LogP contribution in [0.1, 0.15) is 0 Å².